The highest BCUT2D eigenvalue weighted by atomic mass is 16.3. The van der Waals surface area contributed by atoms with E-state index in [4.69, 9.17) is 0 Å². The average Bonchev–Trinajstić information content (AvgIpc) is 2.47. The topological polar surface area (TPSA) is 73.4 Å². The van der Waals surface area contributed by atoms with Gasteiger partial charge in [0.05, 0.1) is 6.10 Å². The lowest BCUT2D eigenvalue weighted by molar-refractivity contribution is 0.0969. The summed E-state index contributed by atoms with van der Waals surface area (Å²) in [5.74, 6) is -0.337. The molecule has 0 saturated carbocycles. The molecule has 21 heavy (non-hydrogen) atoms. The molecule has 2 aromatic rings. The third-order valence-electron chi connectivity index (χ3n) is 3.75. The van der Waals surface area contributed by atoms with E-state index in [2.05, 4.69) is 4.98 Å². The second-order valence-corrected chi connectivity index (χ2v) is 5.21. The van der Waals surface area contributed by atoms with Gasteiger partial charge in [0.15, 0.2) is 5.43 Å². The Balaban J connectivity index is 2.03. The fraction of sp³-hybridized carbons (Fsp3) is 0.250. The van der Waals surface area contributed by atoms with Crippen molar-refractivity contribution in [1.82, 2.24) is 4.98 Å². The molecule has 1 atom stereocenters. The first-order chi connectivity index (χ1) is 10.1. The number of hydrogen-bond donors (Lipinski definition) is 2. The van der Waals surface area contributed by atoms with Crippen molar-refractivity contribution in [2.45, 2.75) is 19.4 Å². The van der Waals surface area contributed by atoms with Gasteiger partial charge < -0.3 is 15.0 Å². The number of aryl methyl sites for hydroxylation is 1. The highest BCUT2D eigenvalue weighted by Crippen LogP contribution is 2.33. The highest BCUT2D eigenvalue weighted by molar-refractivity contribution is 6.06. The predicted octanol–water partition coefficient (Wildman–Crippen LogP) is 1.77. The van der Waals surface area contributed by atoms with E-state index < -0.39 is 6.10 Å². The van der Waals surface area contributed by atoms with E-state index in [1.807, 2.05) is 12.1 Å². The standard InChI is InChI=1S/C16H16N2O3/c1-10-8-15(20)12(9-17-10)16(21)18-7-6-14(19)11-4-2-3-5-13(11)18/h2-5,8-9,14,19H,6-7H2,1H3,(H,17,20). The molecular formula is C16H16N2O3. The molecule has 0 aliphatic carbocycles. The van der Waals surface area contributed by atoms with Gasteiger partial charge in [-0.3, -0.25) is 9.59 Å². The normalized spacial score (nSPS) is 17.4. The van der Waals surface area contributed by atoms with Gasteiger partial charge in [0, 0.05) is 35.8 Å². The maximum Gasteiger partial charge on any atom is 0.263 e. The monoisotopic (exact) mass is 284 g/mol. The van der Waals surface area contributed by atoms with Crippen LogP contribution < -0.4 is 10.3 Å². The van der Waals surface area contributed by atoms with Crippen LogP contribution in [0.4, 0.5) is 5.69 Å². The number of aliphatic hydroxyl groups excluding tert-OH is 1. The Morgan fingerprint density at radius 2 is 2.14 bits per heavy atom. The number of nitrogens with one attached hydrogen (secondary N) is 1. The van der Waals surface area contributed by atoms with Gasteiger partial charge in [-0.15, -0.1) is 0 Å². The molecule has 0 spiro atoms. The molecule has 1 aromatic heterocycles. The summed E-state index contributed by atoms with van der Waals surface area (Å²) in [6.45, 7) is 2.16. The predicted molar refractivity (Wildman–Crippen MR) is 79.5 cm³/mol. The summed E-state index contributed by atoms with van der Waals surface area (Å²) in [5.41, 5.74) is 1.93. The van der Waals surface area contributed by atoms with Crippen LogP contribution in [-0.2, 0) is 0 Å². The number of aliphatic hydroxyl groups is 1. The highest BCUT2D eigenvalue weighted by Gasteiger charge is 2.28. The average molecular weight is 284 g/mol. The fourth-order valence-electron chi connectivity index (χ4n) is 2.64. The number of carbonyl (C=O) groups excluding carboxylic acids is 1. The third kappa shape index (κ3) is 2.36. The van der Waals surface area contributed by atoms with E-state index in [9.17, 15) is 14.7 Å². The smallest absolute Gasteiger partial charge is 0.263 e. The molecule has 2 heterocycles. The van der Waals surface area contributed by atoms with Gasteiger partial charge in [0.25, 0.3) is 5.91 Å². The fourth-order valence-corrected chi connectivity index (χ4v) is 2.64. The molecule has 108 valence electrons. The van der Waals surface area contributed by atoms with Crippen molar-refractivity contribution >= 4 is 11.6 Å². The molecule has 0 saturated heterocycles. The lowest BCUT2D eigenvalue weighted by atomic mass is 9.98. The maximum atomic E-state index is 12.6. The van der Waals surface area contributed by atoms with Crippen molar-refractivity contribution in [3.05, 3.63) is 63.6 Å². The Hall–Kier alpha value is -2.40. The zero-order chi connectivity index (χ0) is 15.0. The van der Waals surface area contributed by atoms with Gasteiger partial charge in [0.1, 0.15) is 5.56 Å². The summed E-state index contributed by atoms with van der Waals surface area (Å²) in [6, 6.07) is 8.65. The summed E-state index contributed by atoms with van der Waals surface area (Å²) < 4.78 is 0. The minimum atomic E-state index is -0.568. The van der Waals surface area contributed by atoms with Gasteiger partial charge >= 0.3 is 0 Å². The molecule has 1 amide bonds. The SMILES string of the molecule is Cc1cc(=O)c(C(=O)N2CCC(O)c3ccccc32)c[nH]1. The van der Waals surface area contributed by atoms with Gasteiger partial charge in [-0.2, -0.15) is 0 Å². The molecule has 0 fully saturated rings. The quantitative estimate of drug-likeness (QED) is 0.838. The minimum Gasteiger partial charge on any atom is -0.388 e. The molecule has 3 rings (SSSR count). The first-order valence-electron chi connectivity index (χ1n) is 6.86. The zero-order valence-corrected chi connectivity index (χ0v) is 11.7. The summed E-state index contributed by atoms with van der Waals surface area (Å²) in [5, 5.41) is 10.0. The summed E-state index contributed by atoms with van der Waals surface area (Å²) in [7, 11) is 0. The zero-order valence-electron chi connectivity index (χ0n) is 11.7. The molecule has 0 bridgehead atoms. The number of fused-ring (bicyclic) bond motifs is 1. The first kappa shape index (κ1) is 13.6. The van der Waals surface area contributed by atoms with Crippen molar-refractivity contribution in [1.29, 1.82) is 0 Å². The van der Waals surface area contributed by atoms with Crippen LogP contribution in [0.15, 0.2) is 41.3 Å². The molecule has 2 N–H and O–H groups in total. The lowest BCUT2D eigenvalue weighted by Gasteiger charge is -2.32. The number of H-pyrrole nitrogens is 1. The van der Waals surface area contributed by atoms with Gasteiger partial charge in [-0.05, 0) is 19.4 Å². The van der Waals surface area contributed by atoms with Crippen molar-refractivity contribution in [3.8, 4) is 0 Å². The maximum absolute atomic E-state index is 12.6. The number of amides is 1. The van der Waals surface area contributed by atoms with Crippen LogP contribution in [0.5, 0.6) is 0 Å². The molecular weight excluding hydrogens is 268 g/mol. The molecule has 1 unspecified atom stereocenters. The minimum absolute atomic E-state index is 0.117. The van der Waals surface area contributed by atoms with E-state index in [-0.39, 0.29) is 16.9 Å². The number of pyridine rings is 1. The van der Waals surface area contributed by atoms with Gasteiger partial charge in [0.2, 0.25) is 0 Å². The van der Waals surface area contributed by atoms with Crippen LogP contribution in [-0.4, -0.2) is 22.5 Å². The number of rotatable bonds is 1. The first-order valence-corrected chi connectivity index (χ1v) is 6.86. The Bertz CT molecular complexity index is 751. The van der Waals surface area contributed by atoms with E-state index in [0.717, 1.165) is 5.56 Å². The van der Waals surface area contributed by atoms with Crippen LogP contribution >= 0.6 is 0 Å². The summed E-state index contributed by atoms with van der Waals surface area (Å²) in [4.78, 5) is 29.1. The second kappa shape index (κ2) is 5.18. The van der Waals surface area contributed by atoms with Crippen LogP contribution in [0.25, 0.3) is 0 Å². The number of nitrogens with zero attached hydrogens (tertiary/aromatic N) is 1. The van der Waals surface area contributed by atoms with Crippen LogP contribution in [0, 0.1) is 6.92 Å². The number of hydrogen-bond acceptors (Lipinski definition) is 3. The number of aromatic amines is 1. The molecule has 5 heteroatoms. The second-order valence-electron chi connectivity index (χ2n) is 5.21. The van der Waals surface area contributed by atoms with Gasteiger partial charge in [-0.1, -0.05) is 18.2 Å². The third-order valence-corrected chi connectivity index (χ3v) is 3.75. The number of benzene rings is 1. The Morgan fingerprint density at radius 1 is 1.38 bits per heavy atom. The van der Waals surface area contributed by atoms with E-state index in [0.29, 0.717) is 24.3 Å². The Labute approximate surface area is 121 Å². The largest absolute Gasteiger partial charge is 0.388 e. The Kier molecular flexibility index (Phi) is 3.35. The number of para-hydroxylation sites is 1. The van der Waals surface area contributed by atoms with Crippen LogP contribution in [0.3, 0.4) is 0 Å². The van der Waals surface area contributed by atoms with E-state index in [1.165, 1.54) is 12.3 Å². The van der Waals surface area contributed by atoms with E-state index in [1.54, 1.807) is 24.0 Å². The van der Waals surface area contributed by atoms with E-state index >= 15 is 0 Å². The molecule has 5 nitrogen and oxygen atoms in total. The number of carbonyl (C=O) groups is 1. The van der Waals surface area contributed by atoms with Crippen molar-refractivity contribution in [2.24, 2.45) is 0 Å². The molecule has 1 aliphatic rings. The Morgan fingerprint density at radius 3 is 2.90 bits per heavy atom. The number of aromatic nitrogens is 1. The molecule has 1 aliphatic heterocycles. The van der Waals surface area contributed by atoms with Crippen molar-refractivity contribution in [3.63, 3.8) is 0 Å². The van der Waals surface area contributed by atoms with Gasteiger partial charge in [-0.25, -0.2) is 0 Å². The summed E-state index contributed by atoms with van der Waals surface area (Å²) >= 11 is 0. The molecule has 0 radical (unpaired) electrons. The number of anilines is 1. The van der Waals surface area contributed by atoms with Crippen LogP contribution in [0.2, 0.25) is 0 Å². The lowest BCUT2D eigenvalue weighted by Crippen LogP contribution is -2.39. The van der Waals surface area contributed by atoms with Crippen LogP contribution in [0.1, 0.15) is 34.1 Å². The summed E-state index contributed by atoms with van der Waals surface area (Å²) in [6.07, 6.45) is 1.35. The van der Waals surface area contributed by atoms with Crippen molar-refractivity contribution < 1.29 is 9.90 Å². The van der Waals surface area contributed by atoms with Crippen molar-refractivity contribution in [2.75, 3.05) is 11.4 Å². The molecule has 1 aromatic carbocycles.